The first kappa shape index (κ1) is 15.1. The Hall–Kier alpha value is -2.18. The second-order valence-electron chi connectivity index (χ2n) is 8.13. The summed E-state index contributed by atoms with van der Waals surface area (Å²) in [4.78, 5) is 17.4. The molecule has 132 valence electrons. The fourth-order valence-corrected chi connectivity index (χ4v) is 5.78. The van der Waals surface area contributed by atoms with Crippen LogP contribution in [0.15, 0.2) is 23.3 Å². The lowest BCUT2D eigenvalue weighted by Gasteiger charge is -2.53. The van der Waals surface area contributed by atoms with Gasteiger partial charge < -0.3 is 9.84 Å². The molecule has 6 rings (SSSR count). The lowest BCUT2D eigenvalue weighted by Crippen LogP contribution is -2.51. The van der Waals surface area contributed by atoms with Crippen molar-refractivity contribution in [2.45, 2.75) is 38.1 Å². The quantitative estimate of drug-likeness (QED) is 0.920. The van der Waals surface area contributed by atoms with E-state index in [9.17, 15) is 4.79 Å². The molecule has 4 aliphatic rings. The van der Waals surface area contributed by atoms with Crippen LogP contribution in [0.5, 0.6) is 0 Å². The monoisotopic (exact) mass is 341 g/mol. The number of aromatic nitrogens is 4. The Bertz CT molecular complexity index is 740. The van der Waals surface area contributed by atoms with Gasteiger partial charge in [0.2, 0.25) is 12.3 Å². The van der Waals surface area contributed by atoms with E-state index in [1.54, 1.807) is 10.9 Å². The van der Waals surface area contributed by atoms with Crippen molar-refractivity contribution >= 4 is 5.91 Å². The number of nitrogens with zero attached hydrogens (tertiary/aromatic N) is 4. The number of nitrogens with one attached hydrogen (secondary N) is 1. The van der Waals surface area contributed by atoms with Crippen LogP contribution in [0.25, 0.3) is 0 Å². The second-order valence-corrected chi connectivity index (χ2v) is 8.13. The number of rotatable bonds is 4. The van der Waals surface area contributed by atoms with Crippen LogP contribution in [0.3, 0.4) is 0 Å². The van der Waals surface area contributed by atoms with Gasteiger partial charge in [-0.2, -0.15) is 10.1 Å². The first-order valence-electron chi connectivity index (χ1n) is 9.22. The normalized spacial score (nSPS) is 34.2. The molecule has 2 heterocycles. The maximum atomic E-state index is 13.2. The van der Waals surface area contributed by atoms with Gasteiger partial charge in [0.25, 0.3) is 0 Å². The average Bonchev–Trinajstić information content (AvgIpc) is 3.23. The predicted molar refractivity (Wildman–Crippen MR) is 88.0 cm³/mol. The van der Waals surface area contributed by atoms with Crippen LogP contribution in [0.1, 0.15) is 49.5 Å². The number of amides is 1. The summed E-state index contributed by atoms with van der Waals surface area (Å²) in [6.07, 6.45) is 11.2. The van der Waals surface area contributed by atoms with Gasteiger partial charge in [-0.05, 0) is 55.8 Å². The Morgan fingerprint density at radius 3 is 2.52 bits per heavy atom. The number of hydrogen-bond donors (Lipinski definition) is 1. The lowest BCUT2D eigenvalue weighted by molar-refractivity contribution is -0.138. The van der Waals surface area contributed by atoms with Crippen molar-refractivity contribution in [1.29, 1.82) is 0 Å². The van der Waals surface area contributed by atoms with Crippen LogP contribution in [0, 0.1) is 29.6 Å². The highest BCUT2D eigenvalue weighted by molar-refractivity contribution is 5.80. The van der Waals surface area contributed by atoms with Gasteiger partial charge >= 0.3 is 0 Å². The van der Waals surface area contributed by atoms with Crippen LogP contribution in [0.2, 0.25) is 0 Å². The minimum absolute atomic E-state index is 0.138. The van der Waals surface area contributed by atoms with E-state index < -0.39 is 6.04 Å². The highest BCUT2D eigenvalue weighted by atomic mass is 16.5. The van der Waals surface area contributed by atoms with Crippen LogP contribution in [-0.2, 0) is 11.8 Å². The fourth-order valence-electron chi connectivity index (χ4n) is 5.78. The third-order valence-electron chi connectivity index (χ3n) is 6.51. The fraction of sp³-hybridized carbons (Fsp3) is 0.667. The summed E-state index contributed by atoms with van der Waals surface area (Å²) in [7, 11) is 1.86. The van der Waals surface area contributed by atoms with E-state index in [-0.39, 0.29) is 11.8 Å². The zero-order valence-electron chi connectivity index (χ0n) is 14.3. The van der Waals surface area contributed by atoms with E-state index in [1.807, 2.05) is 13.2 Å². The molecule has 2 aromatic rings. The Kier molecular flexibility index (Phi) is 3.43. The van der Waals surface area contributed by atoms with E-state index >= 15 is 0 Å². The molecule has 0 aliphatic heterocycles. The summed E-state index contributed by atoms with van der Waals surface area (Å²) in [6, 6.07) is -0.405. The molecule has 2 aromatic heterocycles. The molecule has 4 aliphatic carbocycles. The molecule has 0 saturated heterocycles. The molecule has 4 bridgehead atoms. The Morgan fingerprint density at radius 1 is 1.24 bits per heavy atom. The topological polar surface area (TPSA) is 85.8 Å². The maximum Gasteiger partial charge on any atom is 0.224 e. The molecule has 0 radical (unpaired) electrons. The summed E-state index contributed by atoms with van der Waals surface area (Å²) < 4.78 is 6.63. The Labute approximate surface area is 146 Å². The maximum absolute atomic E-state index is 13.2. The summed E-state index contributed by atoms with van der Waals surface area (Å²) in [5.41, 5.74) is 0.876. The van der Waals surface area contributed by atoms with Crippen molar-refractivity contribution in [2.24, 2.45) is 36.6 Å². The molecule has 0 aromatic carbocycles. The van der Waals surface area contributed by atoms with Gasteiger partial charge in [-0.15, -0.1) is 0 Å². The highest BCUT2D eigenvalue weighted by Gasteiger charge is 2.51. The number of aryl methyl sites for hydroxylation is 1. The van der Waals surface area contributed by atoms with Gasteiger partial charge in [-0.3, -0.25) is 9.48 Å². The molecule has 0 spiro atoms. The third-order valence-corrected chi connectivity index (χ3v) is 6.51. The second kappa shape index (κ2) is 5.68. The van der Waals surface area contributed by atoms with Gasteiger partial charge in [-0.25, -0.2) is 0 Å². The van der Waals surface area contributed by atoms with Gasteiger partial charge in [0.1, 0.15) is 6.04 Å². The van der Waals surface area contributed by atoms with Crippen LogP contribution in [-0.4, -0.2) is 25.8 Å². The van der Waals surface area contributed by atoms with Gasteiger partial charge in [0.05, 0.1) is 6.20 Å². The van der Waals surface area contributed by atoms with Gasteiger partial charge in [0, 0.05) is 24.7 Å². The molecule has 1 atom stereocenters. The summed E-state index contributed by atoms with van der Waals surface area (Å²) in [5, 5.41) is 11.4. The van der Waals surface area contributed by atoms with Crippen molar-refractivity contribution in [1.82, 2.24) is 25.2 Å². The van der Waals surface area contributed by atoms with E-state index in [4.69, 9.17) is 4.52 Å². The summed E-state index contributed by atoms with van der Waals surface area (Å²) in [6.45, 7) is 0. The summed E-state index contributed by atoms with van der Waals surface area (Å²) >= 11 is 0. The minimum atomic E-state index is -0.405. The molecule has 0 unspecified atom stereocenters. The number of hydrogen-bond acceptors (Lipinski definition) is 5. The SMILES string of the molecule is Cn1cc([C@@H](NC(=O)C2C3CC4CC(C3)CC2C4)c2ncon2)cn1. The van der Waals surface area contributed by atoms with Gasteiger partial charge in [-0.1, -0.05) is 5.16 Å². The Morgan fingerprint density at radius 2 is 1.96 bits per heavy atom. The van der Waals surface area contributed by atoms with Gasteiger partial charge in [0.15, 0.2) is 5.82 Å². The number of carbonyl (C=O) groups excluding carboxylic acids is 1. The number of carbonyl (C=O) groups is 1. The van der Waals surface area contributed by atoms with Crippen LogP contribution >= 0.6 is 0 Å². The first-order valence-corrected chi connectivity index (χ1v) is 9.22. The predicted octanol–water partition coefficient (Wildman–Crippen LogP) is 2.08. The van der Waals surface area contributed by atoms with E-state index in [2.05, 4.69) is 20.6 Å². The summed E-state index contributed by atoms with van der Waals surface area (Å²) in [5.74, 6) is 3.58. The molecule has 7 nitrogen and oxygen atoms in total. The van der Waals surface area contributed by atoms with Crippen LogP contribution < -0.4 is 5.32 Å². The highest BCUT2D eigenvalue weighted by Crippen LogP contribution is 2.56. The molecule has 4 saturated carbocycles. The van der Waals surface area contributed by atoms with Crippen molar-refractivity contribution < 1.29 is 9.32 Å². The average molecular weight is 341 g/mol. The minimum Gasteiger partial charge on any atom is -0.343 e. The lowest BCUT2D eigenvalue weighted by atomic mass is 9.51. The smallest absolute Gasteiger partial charge is 0.224 e. The van der Waals surface area contributed by atoms with Crippen molar-refractivity contribution in [3.63, 3.8) is 0 Å². The molecular formula is C18H23N5O2. The molecule has 4 fully saturated rings. The molecule has 1 N–H and O–H groups in total. The third kappa shape index (κ3) is 2.56. The van der Waals surface area contributed by atoms with E-state index in [0.29, 0.717) is 17.7 Å². The molecular weight excluding hydrogens is 318 g/mol. The Balaban J connectivity index is 1.39. The molecule has 7 heteroatoms. The molecule has 25 heavy (non-hydrogen) atoms. The van der Waals surface area contributed by atoms with E-state index in [1.165, 1.54) is 38.5 Å². The largest absolute Gasteiger partial charge is 0.343 e. The zero-order valence-corrected chi connectivity index (χ0v) is 14.3. The van der Waals surface area contributed by atoms with Crippen LogP contribution in [0.4, 0.5) is 0 Å². The van der Waals surface area contributed by atoms with Crippen molar-refractivity contribution in [3.8, 4) is 0 Å². The first-order chi connectivity index (χ1) is 12.2. The standard InChI is InChI=1S/C18H23N5O2/c1-23-8-14(7-20-23)16(17-19-9-25-22-17)21-18(24)15-12-3-10-2-11(5-12)6-13(15)4-10/h7-13,15-16H,2-6H2,1H3,(H,21,24)/t10?,11?,12?,13?,15?,16-/m1/s1. The zero-order chi connectivity index (χ0) is 17.0. The van der Waals surface area contributed by atoms with E-state index in [0.717, 1.165) is 17.4 Å². The van der Waals surface area contributed by atoms with Crippen molar-refractivity contribution in [3.05, 3.63) is 30.2 Å². The molecule has 1 amide bonds. The van der Waals surface area contributed by atoms with Crippen molar-refractivity contribution in [2.75, 3.05) is 0 Å².